The van der Waals surface area contributed by atoms with Gasteiger partial charge >= 0.3 is 0 Å². The average Bonchev–Trinajstić information content (AvgIpc) is 1.83. The predicted molar refractivity (Wildman–Crippen MR) is 60.8 cm³/mol. The van der Waals surface area contributed by atoms with E-state index in [9.17, 15) is 0 Å². The van der Waals surface area contributed by atoms with Crippen molar-refractivity contribution in [2.24, 2.45) is 11.8 Å². The highest BCUT2D eigenvalue weighted by Crippen LogP contribution is 1.97. The smallest absolute Gasteiger partial charge is 0.0546 e. The molecule has 0 rings (SSSR count). The number of aliphatic hydroxyl groups is 1. The SMILES string of the molecule is CC(C)/C=C/C[C@H](C)O.CC(C)C. The summed E-state index contributed by atoms with van der Waals surface area (Å²) in [7, 11) is 0. The summed E-state index contributed by atoms with van der Waals surface area (Å²) < 4.78 is 0. The van der Waals surface area contributed by atoms with Gasteiger partial charge in [0.15, 0.2) is 0 Å². The van der Waals surface area contributed by atoms with E-state index < -0.39 is 0 Å². The van der Waals surface area contributed by atoms with Crippen LogP contribution >= 0.6 is 0 Å². The van der Waals surface area contributed by atoms with Crippen LogP contribution in [0.4, 0.5) is 0 Å². The van der Waals surface area contributed by atoms with Crippen LogP contribution in [0.15, 0.2) is 12.2 Å². The van der Waals surface area contributed by atoms with Crippen LogP contribution in [0.25, 0.3) is 0 Å². The van der Waals surface area contributed by atoms with E-state index in [2.05, 4.69) is 40.7 Å². The standard InChI is InChI=1S/C8H16O.C4H10/c1-7(2)5-4-6-8(3)9;1-4(2)3/h4-5,7-9H,6H2,1-3H3;4H,1-3H3/b5-4+;/t8-;/m0./s1. The number of hydrogen-bond acceptors (Lipinski definition) is 1. The molecule has 80 valence electrons. The van der Waals surface area contributed by atoms with Crippen molar-refractivity contribution < 1.29 is 5.11 Å². The molecule has 0 spiro atoms. The van der Waals surface area contributed by atoms with Crippen molar-refractivity contribution in [2.75, 3.05) is 0 Å². The van der Waals surface area contributed by atoms with Gasteiger partial charge in [0.05, 0.1) is 6.10 Å². The molecule has 0 radical (unpaired) electrons. The first-order valence-corrected chi connectivity index (χ1v) is 5.21. The third-order valence-corrected chi connectivity index (χ3v) is 0.998. The lowest BCUT2D eigenvalue weighted by molar-refractivity contribution is 0.198. The molecule has 0 aliphatic heterocycles. The minimum absolute atomic E-state index is 0.194. The van der Waals surface area contributed by atoms with Crippen LogP contribution in [0.5, 0.6) is 0 Å². The predicted octanol–water partition coefficient (Wildman–Crippen LogP) is 3.63. The highest BCUT2D eigenvalue weighted by Gasteiger charge is 1.89. The van der Waals surface area contributed by atoms with Crippen LogP contribution in [-0.4, -0.2) is 11.2 Å². The average molecular weight is 186 g/mol. The zero-order valence-corrected chi connectivity index (χ0v) is 10.0. The van der Waals surface area contributed by atoms with Gasteiger partial charge in [-0.25, -0.2) is 0 Å². The molecule has 1 nitrogen and oxygen atoms in total. The van der Waals surface area contributed by atoms with Crippen molar-refractivity contribution in [1.82, 2.24) is 0 Å². The molecular formula is C12H26O. The van der Waals surface area contributed by atoms with Gasteiger partial charge in [-0.05, 0) is 25.2 Å². The summed E-state index contributed by atoms with van der Waals surface area (Å²) in [5.41, 5.74) is 0. The highest BCUT2D eigenvalue weighted by atomic mass is 16.3. The Bertz CT molecular complexity index is 110. The molecule has 0 unspecified atom stereocenters. The molecule has 0 aromatic rings. The molecular weight excluding hydrogens is 160 g/mol. The molecule has 0 saturated carbocycles. The van der Waals surface area contributed by atoms with Crippen molar-refractivity contribution >= 4 is 0 Å². The van der Waals surface area contributed by atoms with Crippen LogP contribution in [-0.2, 0) is 0 Å². The van der Waals surface area contributed by atoms with Gasteiger partial charge in [-0.3, -0.25) is 0 Å². The summed E-state index contributed by atoms with van der Waals surface area (Å²) >= 11 is 0. The van der Waals surface area contributed by atoms with E-state index in [1.165, 1.54) is 0 Å². The Kier molecular flexibility index (Phi) is 11.4. The van der Waals surface area contributed by atoms with Crippen LogP contribution in [0.3, 0.4) is 0 Å². The Labute approximate surface area is 83.9 Å². The molecule has 0 saturated heterocycles. The lowest BCUT2D eigenvalue weighted by Gasteiger charge is -1.97. The fourth-order valence-electron chi connectivity index (χ4n) is 0.548. The van der Waals surface area contributed by atoms with E-state index in [0.717, 1.165) is 12.3 Å². The third kappa shape index (κ3) is 33.9. The molecule has 1 heteroatoms. The first-order chi connectivity index (χ1) is 5.86. The lowest BCUT2D eigenvalue weighted by Crippen LogP contribution is -1.95. The van der Waals surface area contributed by atoms with Gasteiger partial charge in [-0.1, -0.05) is 46.8 Å². The maximum Gasteiger partial charge on any atom is 0.0546 e. The molecule has 13 heavy (non-hydrogen) atoms. The summed E-state index contributed by atoms with van der Waals surface area (Å²) in [4.78, 5) is 0. The second-order valence-electron chi connectivity index (χ2n) is 4.49. The van der Waals surface area contributed by atoms with Gasteiger partial charge in [-0.2, -0.15) is 0 Å². The van der Waals surface area contributed by atoms with Crippen molar-refractivity contribution in [2.45, 2.75) is 54.1 Å². The van der Waals surface area contributed by atoms with Gasteiger partial charge in [0.2, 0.25) is 0 Å². The van der Waals surface area contributed by atoms with E-state index in [4.69, 9.17) is 5.11 Å². The molecule has 1 N–H and O–H groups in total. The molecule has 0 aromatic heterocycles. The monoisotopic (exact) mass is 186 g/mol. The zero-order valence-electron chi connectivity index (χ0n) is 10.0. The third-order valence-electron chi connectivity index (χ3n) is 0.998. The minimum atomic E-state index is -0.194. The molecule has 0 aliphatic carbocycles. The number of allylic oxidation sites excluding steroid dienone is 1. The normalized spacial score (nSPS) is 13.3. The van der Waals surface area contributed by atoms with E-state index >= 15 is 0 Å². The van der Waals surface area contributed by atoms with E-state index in [1.54, 1.807) is 6.92 Å². The largest absolute Gasteiger partial charge is 0.393 e. The van der Waals surface area contributed by atoms with Crippen molar-refractivity contribution in [3.8, 4) is 0 Å². The summed E-state index contributed by atoms with van der Waals surface area (Å²) in [6, 6.07) is 0. The Morgan fingerprint density at radius 2 is 1.38 bits per heavy atom. The Morgan fingerprint density at radius 3 is 1.62 bits per heavy atom. The molecule has 0 aliphatic rings. The van der Waals surface area contributed by atoms with Crippen molar-refractivity contribution in [3.05, 3.63) is 12.2 Å². The molecule has 0 heterocycles. The van der Waals surface area contributed by atoms with E-state index in [-0.39, 0.29) is 6.10 Å². The topological polar surface area (TPSA) is 20.2 Å². The van der Waals surface area contributed by atoms with Gasteiger partial charge in [-0.15, -0.1) is 0 Å². The minimum Gasteiger partial charge on any atom is -0.393 e. The fourth-order valence-corrected chi connectivity index (χ4v) is 0.548. The van der Waals surface area contributed by atoms with Gasteiger partial charge in [0.1, 0.15) is 0 Å². The maximum atomic E-state index is 8.81. The van der Waals surface area contributed by atoms with Crippen LogP contribution in [0.1, 0.15) is 48.0 Å². The van der Waals surface area contributed by atoms with Crippen LogP contribution < -0.4 is 0 Å². The van der Waals surface area contributed by atoms with E-state index in [0.29, 0.717) is 5.92 Å². The second-order valence-corrected chi connectivity index (χ2v) is 4.49. The number of hydrogen-bond donors (Lipinski definition) is 1. The molecule has 1 atom stereocenters. The first kappa shape index (κ1) is 15.2. The Hall–Kier alpha value is -0.300. The van der Waals surface area contributed by atoms with Gasteiger partial charge < -0.3 is 5.11 Å². The fraction of sp³-hybridized carbons (Fsp3) is 0.833. The molecule has 0 bridgehead atoms. The van der Waals surface area contributed by atoms with E-state index in [1.807, 2.05) is 6.08 Å². The summed E-state index contributed by atoms with van der Waals surface area (Å²) in [5, 5.41) is 8.81. The number of rotatable bonds is 3. The van der Waals surface area contributed by atoms with Crippen LogP contribution in [0.2, 0.25) is 0 Å². The summed E-state index contributed by atoms with van der Waals surface area (Å²) in [5.74, 6) is 1.43. The molecule has 0 aromatic carbocycles. The Morgan fingerprint density at radius 1 is 1.00 bits per heavy atom. The highest BCUT2D eigenvalue weighted by molar-refractivity contribution is 4.85. The van der Waals surface area contributed by atoms with Crippen molar-refractivity contribution in [3.63, 3.8) is 0 Å². The first-order valence-electron chi connectivity index (χ1n) is 5.21. The second kappa shape index (κ2) is 9.79. The quantitative estimate of drug-likeness (QED) is 0.667. The summed E-state index contributed by atoms with van der Waals surface area (Å²) in [6.07, 6.45) is 4.71. The van der Waals surface area contributed by atoms with Gasteiger partial charge in [0, 0.05) is 0 Å². The number of aliphatic hydroxyl groups excluding tert-OH is 1. The van der Waals surface area contributed by atoms with Crippen molar-refractivity contribution in [1.29, 1.82) is 0 Å². The summed E-state index contributed by atoms with van der Waals surface area (Å²) in [6.45, 7) is 12.5. The maximum absolute atomic E-state index is 8.81. The lowest BCUT2D eigenvalue weighted by atomic mass is 10.2. The molecule has 0 amide bonds. The zero-order chi connectivity index (χ0) is 10.9. The van der Waals surface area contributed by atoms with Crippen LogP contribution in [0, 0.1) is 11.8 Å². The van der Waals surface area contributed by atoms with Gasteiger partial charge in [0.25, 0.3) is 0 Å². The molecule has 0 fully saturated rings. The Balaban J connectivity index is 0.